The van der Waals surface area contributed by atoms with Gasteiger partial charge in [-0.05, 0) is 38.1 Å². The van der Waals surface area contributed by atoms with Crippen LogP contribution in [0.3, 0.4) is 0 Å². The third-order valence-corrected chi connectivity index (χ3v) is 5.02. The number of aromatic nitrogens is 1. The van der Waals surface area contributed by atoms with Crippen molar-refractivity contribution in [3.05, 3.63) is 71.9 Å². The van der Waals surface area contributed by atoms with E-state index in [1.807, 2.05) is 30.3 Å². The van der Waals surface area contributed by atoms with Gasteiger partial charge in [-0.25, -0.2) is 9.80 Å². The Labute approximate surface area is 173 Å². The smallest absolute Gasteiger partial charge is 0.328 e. The molecule has 1 fully saturated rings. The molecule has 2 aromatic carbocycles. The van der Waals surface area contributed by atoms with Gasteiger partial charge in [0, 0.05) is 22.7 Å². The highest BCUT2D eigenvalue weighted by molar-refractivity contribution is 6.32. The number of carbonyl (C=O) groups excluding carboxylic acids is 3. The number of ether oxygens (including phenoxy) is 1. The van der Waals surface area contributed by atoms with Crippen molar-refractivity contribution in [3.8, 4) is 0 Å². The normalized spacial score (nSPS) is 16.2. The van der Waals surface area contributed by atoms with E-state index in [1.54, 1.807) is 55.0 Å². The zero-order valence-electron chi connectivity index (χ0n) is 16.7. The van der Waals surface area contributed by atoms with Crippen LogP contribution in [0.2, 0.25) is 0 Å². The predicted molar refractivity (Wildman–Crippen MR) is 113 cm³/mol. The topological polar surface area (TPSA) is 80.6 Å². The van der Waals surface area contributed by atoms with E-state index in [4.69, 9.17) is 4.74 Å². The molecule has 2 heterocycles. The third kappa shape index (κ3) is 3.34. The Morgan fingerprint density at radius 3 is 2.53 bits per heavy atom. The highest BCUT2D eigenvalue weighted by Crippen LogP contribution is 2.29. The van der Waals surface area contributed by atoms with Gasteiger partial charge in [0.05, 0.1) is 12.3 Å². The molecule has 4 rings (SSSR count). The zero-order valence-corrected chi connectivity index (χ0v) is 16.7. The molecule has 2 amide bonds. The molecule has 1 aliphatic rings. The van der Waals surface area contributed by atoms with Crippen molar-refractivity contribution in [1.29, 1.82) is 0 Å². The molecule has 1 atom stereocenters. The van der Waals surface area contributed by atoms with E-state index < -0.39 is 17.9 Å². The van der Waals surface area contributed by atoms with Gasteiger partial charge in [-0.15, -0.1) is 0 Å². The van der Waals surface area contributed by atoms with Crippen LogP contribution in [0.15, 0.2) is 66.4 Å². The second kappa shape index (κ2) is 7.87. The second-order valence-electron chi connectivity index (χ2n) is 6.91. The van der Waals surface area contributed by atoms with Gasteiger partial charge >= 0.3 is 5.97 Å². The standard InChI is InChI=1S/C23H21N3O4/c1-3-30-23(29)15(2)25-14-16(18-11-7-8-12-20(18)25)13-19-21(27)24-26(22(19)28)17-9-5-4-6-10-17/h4-15H,3H2,1-2H3,(H,24,27). The lowest BCUT2D eigenvalue weighted by Crippen LogP contribution is -2.35. The fraction of sp³-hybridized carbons (Fsp3) is 0.174. The SMILES string of the molecule is CCOC(=O)C(C)n1cc(C=C2C(=O)NN(c3ccccc3)C2=O)c2ccccc21. The molecule has 1 aromatic heterocycles. The van der Waals surface area contributed by atoms with Gasteiger partial charge in [-0.1, -0.05) is 36.4 Å². The summed E-state index contributed by atoms with van der Waals surface area (Å²) in [5, 5.41) is 2.06. The number of rotatable bonds is 5. The minimum Gasteiger partial charge on any atom is -0.464 e. The summed E-state index contributed by atoms with van der Waals surface area (Å²) in [7, 11) is 0. The largest absolute Gasteiger partial charge is 0.464 e. The van der Waals surface area contributed by atoms with Crippen LogP contribution in [0.25, 0.3) is 17.0 Å². The minimum atomic E-state index is -0.545. The number of para-hydroxylation sites is 2. The van der Waals surface area contributed by atoms with Crippen LogP contribution in [0, 0.1) is 0 Å². The molecule has 0 bridgehead atoms. The quantitative estimate of drug-likeness (QED) is 0.403. The first-order chi connectivity index (χ1) is 14.5. The molecule has 3 aromatic rings. The Bertz CT molecular complexity index is 1160. The molecular weight excluding hydrogens is 382 g/mol. The van der Waals surface area contributed by atoms with Gasteiger partial charge < -0.3 is 9.30 Å². The van der Waals surface area contributed by atoms with Crippen LogP contribution in [0.1, 0.15) is 25.5 Å². The van der Waals surface area contributed by atoms with Crippen molar-refractivity contribution in [3.63, 3.8) is 0 Å². The number of benzene rings is 2. The highest BCUT2D eigenvalue weighted by atomic mass is 16.5. The first-order valence-corrected chi connectivity index (χ1v) is 9.69. The number of hydrogen-bond acceptors (Lipinski definition) is 4. The average molecular weight is 403 g/mol. The summed E-state index contributed by atoms with van der Waals surface area (Å²) in [6, 6.07) is 15.9. The van der Waals surface area contributed by atoms with E-state index >= 15 is 0 Å². The number of carbonyl (C=O) groups is 3. The van der Waals surface area contributed by atoms with Gasteiger partial charge in [0.25, 0.3) is 11.8 Å². The fourth-order valence-electron chi connectivity index (χ4n) is 3.52. The van der Waals surface area contributed by atoms with Gasteiger partial charge in [0.2, 0.25) is 0 Å². The summed E-state index contributed by atoms with van der Waals surface area (Å²) < 4.78 is 6.94. The molecule has 1 unspecified atom stereocenters. The zero-order chi connectivity index (χ0) is 21.3. The molecule has 7 heteroatoms. The van der Waals surface area contributed by atoms with Crippen molar-refractivity contribution >= 4 is 40.4 Å². The first kappa shape index (κ1) is 19.4. The Hall–Kier alpha value is -3.87. The van der Waals surface area contributed by atoms with Crippen LogP contribution >= 0.6 is 0 Å². The van der Waals surface area contributed by atoms with Crippen LogP contribution in [-0.4, -0.2) is 29.0 Å². The van der Waals surface area contributed by atoms with Gasteiger partial charge in [-0.3, -0.25) is 15.0 Å². The van der Waals surface area contributed by atoms with Crippen LogP contribution < -0.4 is 10.4 Å². The van der Waals surface area contributed by atoms with E-state index in [0.717, 1.165) is 10.9 Å². The van der Waals surface area contributed by atoms with Crippen molar-refractivity contribution in [2.75, 3.05) is 11.6 Å². The molecule has 0 saturated carbocycles. The summed E-state index contributed by atoms with van der Waals surface area (Å²) in [6.45, 7) is 3.81. The Morgan fingerprint density at radius 2 is 1.80 bits per heavy atom. The maximum Gasteiger partial charge on any atom is 0.328 e. The average Bonchev–Trinajstić information content (AvgIpc) is 3.27. The number of hydrogen-bond donors (Lipinski definition) is 1. The number of esters is 1. The lowest BCUT2D eigenvalue weighted by atomic mass is 10.1. The van der Waals surface area contributed by atoms with Crippen LogP contribution in [0.4, 0.5) is 5.69 Å². The molecule has 152 valence electrons. The molecule has 0 spiro atoms. The molecule has 0 aliphatic carbocycles. The first-order valence-electron chi connectivity index (χ1n) is 9.69. The maximum absolute atomic E-state index is 12.9. The number of fused-ring (bicyclic) bond motifs is 1. The monoisotopic (exact) mass is 403 g/mol. The second-order valence-corrected chi connectivity index (χ2v) is 6.91. The van der Waals surface area contributed by atoms with E-state index in [1.165, 1.54) is 5.01 Å². The summed E-state index contributed by atoms with van der Waals surface area (Å²) in [5.41, 5.74) is 4.70. The summed E-state index contributed by atoms with van der Waals surface area (Å²) in [6.07, 6.45) is 3.34. The van der Waals surface area contributed by atoms with Crippen molar-refractivity contribution in [2.24, 2.45) is 0 Å². The molecule has 30 heavy (non-hydrogen) atoms. The van der Waals surface area contributed by atoms with Crippen molar-refractivity contribution in [1.82, 2.24) is 9.99 Å². The van der Waals surface area contributed by atoms with E-state index in [2.05, 4.69) is 5.43 Å². The number of anilines is 1. The van der Waals surface area contributed by atoms with Crippen LogP contribution in [-0.2, 0) is 19.1 Å². The van der Waals surface area contributed by atoms with E-state index in [-0.39, 0.29) is 11.5 Å². The third-order valence-electron chi connectivity index (χ3n) is 5.02. The number of nitrogens with one attached hydrogen (secondary N) is 1. The summed E-state index contributed by atoms with van der Waals surface area (Å²) in [4.78, 5) is 37.7. The molecule has 1 saturated heterocycles. The summed E-state index contributed by atoms with van der Waals surface area (Å²) >= 11 is 0. The van der Waals surface area contributed by atoms with E-state index in [9.17, 15) is 14.4 Å². The highest BCUT2D eigenvalue weighted by Gasteiger charge is 2.34. The van der Waals surface area contributed by atoms with Gasteiger partial charge in [-0.2, -0.15) is 0 Å². The number of amides is 2. The lowest BCUT2D eigenvalue weighted by Gasteiger charge is -2.13. The van der Waals surface area contributed by atoms with Gasteiger partial charge in [0.15, 0.2) is 0 Å². The van der Waals surface area contributed by atoms with Gasteiger partial charge in [0.1, 0.15) is 11.6 Å². The summed E-state index contributed by atoms with van der Waals surface area (Å²) in [5.74, 6) is -1.25. The van der Waals surface area contributed by atoms with Crippen molar-refractivity contribution < 1.29 is 19.1 Å². The molecule has 7 nitrogen and oxygen atoms in total. The number of hydrazine groups is 1. The molecule has 1 aliphatic heterocycles. The Kier molecular flexibility index (Phi) is 5.10. The maximum atomic E-state index is 12.9. The van der Waals surface area contributed by atoms with Crippen LogP contribution in [0.5, 0.6) is 0 Å². The predicted octanol–water partition coefficient (Wildman–Crippen LogP) is 3.23. The lowest BCUT2D eigenvalue weighted by molar-refractivity contribution is -0.146. The van der Waals surface area contributed by atoms with Crippen molar-refractivity contribution in [2.45, 2.75) is 19.9 Å². The molecule has 0 radical (unpaired) electrons. The number of nitrogens with zero attached hydrogens (tertiary/aromatic N) is 2. The minimum absolute atomic E-state index is 0.0329. The molecular formula is C23H21N3O4. The molecule has 1 N–H and O–H groups in total. The Balaban J connectivity index is 1.75. The fourth-order valence-corrected chi connectivity index (χ4v) is 3.52. The van der Waals surface area contributed by atoms with E-state index in [0.29, 0.717) is 17.9 Å². The Morgan fingerprint density at radius 1 is 1.10 bits per heavy atom.